The van der Waals surface area contributed by atoms with Crippen molar-refractivity contribution in [2.24, 2.45) is 16.2 Å². The van der Waals surface area contributed by atoms with Crippen LogP contribution in [0.25, 0.3) is 16.2 Å². The lowest BCUT2D eigenvalue weighted by molar-refractivity contribution is -0.120. The largest absolute Gasteiger partial charge is 0.308 e. The Kier molecular flexibility index (Phi) is 5.05. The van der Waals surface area contributed by atoms with E-state index < -0.39 is 26.8 Å². The molecule has 0 saturated carbocycles. The minimum atomic E-state index is -4.90. The molecule has 29 heavy (non-hydrogen) atoms. The average Bonchev–Trinajstić information content (AvgIpc) is 2.98. The molecule has 0 fully saturated rings. The van der Waals surface area contributed by atoms with Crippen molar-refractivity contribution in [1.29, 1.82) is 5.39 Å². The molecule has 0 aromatic heterocycles. The maximum atomic E-state index is 12.4. The number of nitrogens with one attached hydrogen (secondary N) is 1. The quantitative estimate of drug-likeness (QED) is 0.166. The van der Waals surface area contributed by atoms with Crippen molar-refractivity contribution in [2.75, 3.05) is 10.3 Å². The van der Waals surface area contributed by atoms with Crippen molar-refractivity contribution >= 4 is 39.0 Å². The summed E-state index contributed by atoms with van der Waals surface area (Å²) in [6.07, 6.45) is 0.511. The van der Waals surface area contributed by atoms with Crippen molar-refractivity contribution in [2.45, 2.75) is 0 Å². The molecule has 1 aliphatic rings. The van der Waals surface area contributed by atoms with Crippen molar-refractivity contribution in [3.63, 3.8) is 0 Å². The monoisotopic (exact) mass is 414 g/mol. The van der Waals surface area contributed by atoms with Crippen LogP contribution < -0.4 is 16.2 Å². The van der Waals surface area contributed by atoms with E-state index in [0.29, 0.717) is 27.8 Å². The van der Waals surface area contributed by atoms with Crippen molar-refractivity contribution in [3.05, 3.63) is 58.5 Å². The number of imide groups is 1. The highest BCUT2D eigenvalue weighted by Gasteiger charge is 2.40. The summed E-state index contributed by atoms with van der Waals surface area (Å²) in [6.45, 7) is 0. The number of carbonyl (C=O) groups is 2. The number of diazo groups is 1. The van der Waals surface area contributed by atoms with Crippen LogP contribution in [0.4, 0.5) is 17.1 Å². The van der Waals surface area contributed by atoms with Gasteiger partial charge in [-0.15, -0.1) is 5.11 Å². The van der Waals surface area contributed by atoms with E-state index in [1.807, 2.05) is 0 Å². The van der Waals surface area contributed by atoms with Crippen LogP contribution in [0.1, 0.15) is 0 Å². The first-order valence-electron chi connectivity index (χ1n) is 7.79. The van der Waals surface area contributed by atoms with Gasteiger partial charge in [0.15, 0.2) is 4.91 Å². The van der Waals surface area contributed by atoms with Gasteiger partial charge >= 0.3 is 5.08 Å². The number of nitrogens with two attached hydrogens (primary N) is 1. The molecule has 1 aliphatic heterocycles. The Bertz CT molecular complexity index is 1210. The Labute approximate surface area is 163 Å². The average molecular weight is 414 g/mol. The van der Waals surface area contributed by atoms with Gasteiger partial charge in [0.25, 0.3) is 27.3 Å². The summed E-state index contributed by atoms with van der Waals surface area (Å²) < 4.78 is 31.8. The van der Waals surface area contributed by atoms with E-state index >= 15 is 0 Å². The summed E-state index contributed by atoms with van der Waals surface area (Å²) in [6, 6.07) is 11.1. The standard InChI is InChI=1S/C16H11N7O5S/c17-21-19-11-4-1-9(2-5-11)10-3-6-12(20-22-18)13(7-10)23-15(24)8-14(16(23)25)29(26,27)28/h1-8,17-18H,(H,26,27,28)/p+1. The van der Waals surface area contributed by atoms with Crippen molar-refractivity contribution in [3.8, 4) is 11.1 Å². The molecule has 0 aliphatic carbocycles. The third kappa shape index (κ3) is 3.78. The van der Waals surface area contributed by atoms with Gasteiger partial charge in [-0.05, 0) is 40.8 Å². The van der Waals surface area contributed by atoms with Crippen LogP contribution in [0.3, 0.4) is 0 Å². The van der Waals surface area contributed by atoms with Crippen LogP contribution in [0.2, 0.25) is 0 Å². The number of rotatable bonds is 5. The lowest BCUT2D eigenvalue weighted by atomic mass is 10.0. The molecule has 13 heteroatoms. The molecule has 0 radical (unpaired) electrons. The predicted octanol–water partition coefficient (Wildman–Crippen LogP) is 2.14. The summed E-state index contributed by atoms with van der Waals surface area (Å²) in [7, 11) is -4.90. The number of hydrogen-bond acceptors (Lipinski definition) is 8. The van der Waals surface area contributed by atoms with E-state index in [4.69, 9.17) is 15.8 Å². The number of benzene rings is 2. The lowest BCUT2D eigenvalue weighted by Crippen LogP contribution is -2.32. The van der Waals surface area contributed by atoms with Gasteiger partial charge in [-0.2, -0.15) is 8.42 Å². The predicted molar refractivity (Wildman–Crippen MR) is 101 cm³/mol. The Balaban J connectivity index is 2.08. The molecule has 2 amide bonds. The Morgan fingerprint density at radius 1 is 1.10 bits per heavy atom. The maximum Gasteiger partial charge on any atom is 0.308 e. The fourth-order valence-electron chi connectivity index (χ4n) is 2.69. The van der Waals surface area contributed by atoms with Gasteiger partial charge < -0.3 is 5.84 Å². The van der Waals surface area contributed by atoms with Crippen LogP contribution in [-0.4, -0.2) is 24.8 Å². The van der Waals surface area contributed by atoms with E-state index in [-0.39, 0.29) is 11.4 Å². The number of nitrogens with zero attached hydrogens (tertiary/aromatic N) is 5. The number of carbonyl (C=O) groups excluding carboxylic acids is 2. The third-order valence-corrected chi connectivity index (χ3v) is 4.80. The number of amides is 2. The second kappa shape index (κ2) is 7.46. The highest BCUT2D eigenvalue weighted by molar-refractivity contribution is 7.91. The van der Waals surface area contributed by atoms with Gasteiger partial charge in [0, 0.05) is 6.08 Å². The summed E-state index contributed by atoms with van der Waals surface area (Å²) in [5, 5.41) is 18.4. The van der Waals surface area contributed by atoms with Crippen molar-refractivity contribution < 1.29 is 22.6 Å². The van der Waals surface area contributed by atoms with E-state index in [9.17, 15) is 18.0 Å². The van der Waals surface area contributed by atoms with E-state index in [1.54, 1.807) is 30.3 Å². The molecule has 2 aromatic carbocycles. The van der Waals surface area contributed by atoms with Gasteiger partial charge in [0.1, 0.15) is 5.69 Å². The van der Waals surface area contributed by atoms with Gasteiger partial charge in [-0.1, -0.05) is 23.4 Å². The first kappa shape index (κ1) is 19.6. The lowest BCUT2D eigenvalue weighted by Gasteiger charge is -2.17. The topological polar surface area (TPSA) is 183 Å². The van der Waals surface area contributed by atoms with Gasteiger partial charge in [-0.3, -0.25) is 14.1 Å². The Morgan fingerprint density at radius 3 is 2.31 bits per heavy atom. The molecule has 12 nitrogen and oxygen atoms in total. The molecule has 3 rings (SSSR count). The molecular formula is C16H12N7O5S+. The fraction of sp³-hybridized carbons (Fsp3) is 0. The molecule has 4 N–H and O–H groups in total. The summed E-state index contributed by atoms with van der Waals surface area (Å²) in [5.74, 6) is 2.77. The van der Waals surface area contributed by atoms with Gasteiger partial charge in [0.05, 0.1) is 11.4 Å². The second-order valence-electron chi connectivity index (χ2n) is 5.67. The molecule has 0 unspecified atom stereocenters. The SMILES string of the molecule is N#[N+]Nc1ccc(-c2ccc(N=NN)cc2)cc1N1C(=O)C=C(S(=O)(=O)O)C1=O. The molecule has 0 bridgehead atoms. The van der Waals surface area contributed by atoms with Crippen LogP contribution in [0.15, 0.2) is 63.8 Å². The van der Waals surface area contributed by atoms with Gasteiger partial charge in [0.2, 0.25) is 0 Å². The molecule has 0 saturated heterocycles. The smallest absolute Gasteiger partial charge is 0.305 e. The van der Waals surface area contributed by atoms with Gasteiger partial charge in [-0.25, -0.2) is 4.90 Å². The molecular weight excluding hydrogens is 402 g/mol. The minimum absolute atomic E-state index is 0.0384. The zero-order valence-electron chi connectivity index (χ0n) is 14.4. The van der Waals surface area contributed by atoms with Crippen LogP contribution in [0.5, 0.6) is 0 Å². The second-order valence-corrected chi connectivity index (χ2v) is 7.06. The van der Waals surface area contributed by atoms with E-state index in [1.165, 1.54) is 12.1 Å². The molecule has 0 spiro atoms. The highest BCUT2D eigenvalue weighted by atomic mass is 32.2. The first-order valence-corrected chi connectivity index (χ1v) is 9.23. The fourth-order valence-corrected chi connectivity index (χ4v) is 3.26. The summed E-state index contributed by atoms with van der Waals surface area (Å²) in [4.78, 5) is 24.2. The molecule has 1 heterocycles. The first-order chi connectivity index (χ1) is 13.8. The van der Waals surface area contributed by atoms with Crippen LogP contribution >= 0.6 is 0 Å². The molecule has 0 atom stereocenters. The van der Waals surface area contributed by atoms with Crippen molar-refractivity contribution in [1.82, 2.24) is 0 Å². The Morgan fingerprint density at radius 2 is 1.76 bits per heavy atom. The summed E-state index contributed by atoms with van der Waals surface area (Å²) in [5.41, 5.74) is 3.87. The zero-order chi connectivity index (χ0) is 21.2. The van der Waals surface area contributed by atoms with Crippen LogP contribution in [-0.2, 0) is 19.7 Å². The molecule has 146 valence electrons. The third-order valence-electron chi connectivity index (χ3n) is 3.95. The zero-order valence-corrected chi connectivity index (χ0v) is 15.2. The number of anilines is 2. The minimum Gasteiger partial charge on any atom is -0.305 e. The Hall–Kier alpha value is -4.15. The maximum absolute atomic E-state index is 12.4. The van der Waals surface area contributed by atoms with E-state index in [2.05, 4.69) is 20.8 Å². The summed E-state index contributed by atoms with van der Waals surface area (Å²) >= 11 is 0. The molecule has 2 aromatic rings. The normalized spacial score (nSPS) is 14.2. The van der Waals surface area contributed by atoms with Crippen LogP contribution in [0, 0.1) is 5.39 Å². The highest BCUT2D eigenvalue weighted by Crippen LogP contribution is 2.35. The van der Waals surface area contributed by atoms with E-state index in [0.717, 1.165) is 0 Å². The number of hydrogen-bond donors (Lipinski definition) is 3.